The summed E-state index contributed by atoms with van der Waals surface area (Å²) in [5, 5.41) is 2.88. The lowest BCUT2D eigenvalue weighted by Gasteiger charge is -2.16. The molecule has 114 valence electrons. The Labute approximate surface area is 124 Å². The van der Waals surface area contributed by atoms with Gasteiger partial charge in [-0.25, -0.2) is 17.5 Å². The van der Waals surface area contributed by atoms with E-state index in [2.05, 4.69) is 10.0 Å². The van der Waals surface area contributed by atoms with E-state index in [1.807, 2.05) is 6.92 Å². The molecule has 1 aromatic rings. The van der Waals surface area contributed by atoms with Gasteiger partial charge in [-0.05, 0) is 37.4 Å². The Bertz CT molecular complexity index is 535. The van der Waals surface area contributed by atoms with Gasteiger partial charge in [-0.15, -0.1) is 0 Å². The molecule has 1 rings (SSSR count). The van der Waals surface area contributed by atoms with Crippen LogP contribution in [0.1, 0.15) is 19.4 Å². The summed E-state index contributed by atoms with van der Waals surface area (Å²) in [7, 11) is -1.99. The summed E-state index contributed by atoms with van der Waals surface area (Å²) in [6.07, 6.45) is 0. The summed E-state index contributed by atoms with van der Waals surface area (Å²) >= 11 is 1.66. The van der Waals surface area contributed by atoms with Crippen molar-refractivity contribution in [3.8, 4) is 0 Å². The topological polar surface area (TPSA) is 58.2 Å². The summed E-state index contributed by atoms with van der Waals surface area (Å²) in [5.74, 6) is 1.06. The van der Waals surface area contributed by atoms with Crippen LogP contribution in [0, 0.1) is 5.82 Å². The van der Waals surface area contributed by atoms with Gasteiger partial charge in [0.15, 0.2) is 0 Å². The Balaban J connectivity index is 2.99. The van der Waals surface area contributed by atoms with Gasteiger partial charge in [-0.1, -0.05) is 13.0 Å². The molecule has 0 aromatic heterocycles. The molecule has 0 aliphatic rings. The Morgan fingerprint density at radius 3 is 2.70 bits per heavy atom. The minimum Gasteiger partial charge on any atom is -0.316 e. The minimum absolute atomic E-state index is 0.000184. The Morgan fingerprint density at radius 2 is 2.10 bits per heavy atom. The van der Waals surface area contributed by atoms with Crippen LogP contribution in [0.15, 0.2) is 23.1 Å². The fraction of sp³-hybridized carbons (Fsp3) is 0.538. The van der Waals surface area contributed by atoms with Crippen molar-refractivity contribution in [1.29, 1.82) is 0 Å². The number of thioether (sulfide) groups is 1. The van der Waals surface area contributed by atoms with Crippen molar-refractivity contribution in [3.63, 3.8) is 0 Å². The number of hydrogen-bond acceptors (Lipinski definition) is 4. The Morgan fingerprint density at radius 1 is 1.40 bits per heavy atom. The zero-order chi connectivity index (χ0) is 15.2. The highest BCUT2D eigenvalue weighted by Crippen LogP contribution is 2.18. The molecule has 0 aliphatic heterocycles. The first-order valence-electron chi connectivity index (χ1n) is 6.43. The van der Waals surface area contributed by atoms with E-state index in [1.54, 1.807) is 25.7 Å². The van der Waals surface area contributed by atoms with Crippen molar-refractivity contribution in [2.24, 2.45) is 0 Å². The molecular weight excluding hydrogens is 299 g/mol. The maximum absolute atomic E-state index is 13.3. The first kappa shape index (κ1) is 17.4. The summed E-state index contributed by atoms with van der Waals surface area (Å²) in [6.45, 7) is 4.19. The fourth-order valence-electron chi connectivity index (χ4n) is 1.77. The van der Waals surface area contributed by atoms with Gasteiger partial charge in [-0.2, -0.15) is 11.8 Å². The van der Waals surface area contributed by atoms with Gasteiger partial charge < -0.3 is 5.32 Å². The molecule has 1 unspecified atom stereocenters. The largest absolute Gasteiger partial charge is 0.316 e. The zero-order valence-electron chi connectivity index (χ0n) is 11.9. The van der Waals surface area contributed by atoms with E-state index < -0.39 is 15.8 Å². The van der Waals surface area contributed by atoms with Gasteiger partial charge in [0.25, 0.3) is 0 Å². The molecule has 0 spiro atoms. The molecule has 7 heteroatoms. The highest BCUT2D eigenvalue weighted by atomic mass is 32.2. The molecule has 0 aliphatic carbocycles. The predicted molar refractivity (Wildman–Crippen MR) is 81.9 cm³/mol. The first-order valence-corrected chi connectivity index (χ1v) is 9.07. The molecule has 1 atom stereocenters. The second-order valence-electron chi connectivity index (χ2n) is 4.46. The van der Waals surface area contributed by atoms with Crippen LogP contribution >= 0.6 is 11.8 Å². The second kappa shape index (κ2) is 7.97. The van der Waals surface area contributed by atoms with Crippen LogP contribution in [0.2, 0.25) is 0 Å². The summed E-state index contributed by atoms with van der Waals surface area (Å²) in [5.41, 5.74) is 0.553. The van der Waals surface area contributed by atoms with E-state index in [9.17, 15) is 12.8 Å². The van der Waals surface area contributed by atoms with Crippen LogP contribution in [-0.4, -0.2) is 33.0 Å². The van der Waals surface area contributed by atoms with Crippen LogP contribution in [0.25, 0.3) is 0 Å². The highest BCUT2D eigenvalue weighted by molar-refractivity contribution is 7.99. The quantitative estimate of drug-likeness (QED) is 0.769. The summed E-state index contributed by atoms with van der Waals surface area (Å²) < 4.78 is 40.6. The fourth-order valence-corrected chi connectivity index (χ4v) is 4.04. The van der Waals surface area contributed by atoms with Gasteiger partial charge in [0.2, 0.25) is 10.0 Å². The molecule has 2 N–H and O–H groups in total. The molecule has 0 heterocycles. The monoisotopic (exact) mass is 320 g/mol. The third kappa shape index (κ3) is 5.05. The summed E-state index contributed by atoms with van der Waals surface area (Å²) in [6, 6.07) is 3.62. The standard InChI is InChI=1S/C13H21FN2O2S2/c1-4-19-9-10(2)16-20(17,18)13-7-12(14)6-5-11(13)8-15-3/h5-7,10,15-16H,4,8-9H2,1-3H3. The maximum Gasteiger partial charge on any atom is 0.241 e. The lowest BCUT2D eigenvalue weighted by molar-refractivity contribution is 0.565. The van der Waals surface area contributed by atoms with Crippen LogP contribution in [0.3, 0.4) is 0 Å². The number of sulfonamides is 1. The number of halogens is 1. The maximum atomic E-state index is 13.3. The number of hydrogen-bond donors (Lipinski definition) is 2. The van der Waals surface area contributed by atoms with Gasteiger partial charge in [0.1, 0.15) is 5.82 Å². The average Bonchev–Trinajstić information content (AvgIpc) is 2.38. The smallest absolute Gasteiger partial charge is 0.241 e. The van der Waals surface area contributed by atoms with Crippen molar-refractivity contribution in [3.05, 3.63) is 29.6 Å². The van der Waals surface area contributed by atoms with E-state index in [1.165, 1.54) is 12.1 Å². The normalized spacial score (nSPS) is 13.4. The van der Waals surface area contributed by atoms with Gasteiger partial charge in [0.05, 0.1) is 4.90 Å². The lowest BCUT2D eigenvalue weighted by atomic mass is 10.2. The van der Waals surface area contributed by atoms with E-state index in [0.717, 1.165) is 11.8 Å². The zero-order valence-corrected chi connectivity index (χ0v) is 13.6. The highest BCUT2D eigenvalue weighted by Gasteiger charge is 2.21. The molecule has 0 radical (unpaired) electrons. The van der Waals surface area contributed by atoms with Gasteiger partial charge in [-0.3, -0.25) is 0 Å². The van der Waals surface area contributed by atoms with Gasteiger partial charge in [0, 0.05) is 18.3 Å². The average molecular weight is 320 g/mol. The molecule has 20 heavy (non-hydrogen) atoms. The second-order valence-corrected chi connectivity index (χ2v) is 7.47. The molecule has 1 aromatic carbocycles. The molecule has 0 saturated carbocycles. The number of benzene rings is 1. The number of rotatable bonds is 8. The molecular formula is C13H21FN2O2S2. The van der Waals surface area contributed by atoms with Gasteiger partial charge >= 0.3 is 0 Å². The van der Waals surface area contributed by atoms with Crippen LogP contribution in [0.4, 0.5) is 4.39 Å². The van der Waals surface area contributed by atoms with Crippen LogP contribution in [0.5, 0.6) is 0 Å². The predicted octanol–water partition coefficient (Wildman–Crippen LogP) is 1.97. The van der Waals surface area contributed by atoms with Crippen LogP contribution < -0.4 is 10.0 Å². The molecule has 0 amide bonds. The van der Waals surface area contributed by atoms with Crippen molar-refractivity contribution >= 4 is 21.8 Å². The SMILES string of the molecule is CCSCC(C)NS(=O)(=O)c1cc(F)ccc1CNC. The Hall–Kier alpha value is -0.630. The van der Waals surface area contributed by atoms with Crippen LogP contribution in [-0.2, 0) is 16.6 Å². The third-order valence-corrected chi connectivity index (χ3v) is 5.43. The van der Waals surface area contributed by atoms with E-state index >= 15 is 0 Å². The van der Waals surface area contributed by atoms with Crippen molar-refractivity contribution in [2.45, 2.75) is 31.3 Å². The van der Waals surface area contributed by atoms with E-state index in [4.69, 9.17) is 0 Å². The van der Waals surface area contributed by atoms with E-state index in [0.29, 0.717) is 17.9 Å². The van der Waals surface area contributed by atoms with E-state index in [-0.39, 0.29) is 10.9 Å². The third-order valence-electron chi connectivity index (χ3n) is 2.61. The van der Waals surface area contributed by atoms with Crippen molar-refractivity contribution in [2.75, 3.05) is 18.6 Å². The molecule has 0 fully saturated rings. The minimum atomic E-state index is -3.71. The number of nitrogens with one attached hydrogen (secondary N) is 2. The van der Waals surface area contributed by atoms with Crippen molar-refractivity contribution in [1.82, 2.24) is 10.0 Å². The molecule has 0 bridgehead atoms. The van der Waals surface area contributed by atoms with Crippen molar-refractivity contribution < 1.29 is 12.8 Å². The Kier molecular flexibility index (Phi) is 6.94. The molecule has 4 nitrogen and oxygen atoms in total. The first-order chi connectivity index (χ1) is 9.40. The molecule has 0 saturated heterocycles. The lowest BCUT2D eigenvalue weighted by Crippen LogP contribution is -2.35. The summed E-state index contributed by atoms with van der Waals surface area (Å²) in [4.78, 5) is 0.000184.